The van der Waals surface area contributed by atoms with Crippen molar-refractivity contribution in [3.8, 4) is 0 Å². The molecule has 0 fully saturated rings. The van der Waals surface area contributed by atoms with E-state index in [2.05, 4.69) is 5.10 Å². The van der Waals surface area contributed by atoms with Crippen LogP contribution in [-0.2, 0) is 18.4 Å². The number of aromatic nitrogens is 2. The van der Waals surface area contributed by atoms with Crippen LogP contribution in [0, 0.1) is 0 Å². The lowest BCUT2D eigenvalue weighted by molar-refractivity contribution is 0.0466. The zero-order valence-electron chi connectivity index (χ0n) is 11.6. The number of benzene rings is 1. The van der Waals surface area contributed by atoms with Crippen molar-refractivity contribution >= 4 is 39.8 Å². The molecule has 112 valence electrons. The molecule has 0 atom stereocenters. The van der Waals surface area contributed by atoms with Crippen LogP contribution in [0.5, 0.6) is 0 Å². The molecule has 3 aromatic rings. The van der Waals surface area contributed by atoms with E-state index in [1.807, 2.05) is 6.07 Å². The summed E-state index contributed by atoms with van der Waals surface area (Å²) in [4.78, 5) is 25.3. The van der Waals surface area contributed by atoms with Crippen LogP contribution in [0.3, 0.4) is 0 Å². The third kappa shape index (κ3) is 2.75. The van der Waals surface area contributed by atoms with Crippen molar-refractivity contribution in [2.75, 3.05) is 0 Å². The van der Waals surface area contributed by atoms with Crippen LogP contribution in [0.4, 0.5) is 0 Å². The first kappa shape index (κ1) is 14.7. The van der Waals surface area contributed by atoms with Gasteiger partial charge in [-0.05, 0) is 24.3 Å². The lowest BCUT2D eigenvalue weighted by Gasteiger charge is -2.07. The molecule has 2 heterocycles. The zero-order chi connectivity index (χ0) is 15.7. The van der Waals surface area contributed by atoms with Gasteiger partial charge in [0.05, 0.1) is 9.85 Å². The number of para-hydroxylation sites is 1. The van der Waals surface area contributed by atoms with Crippen LogP contribution < -0.4 is 5.43 Å². The molecule has 0 N–H and O–H groups in total. The Bertz CT molecular complexity index is 917. The minimum absolute atomic E-state index is 0.0634. The molecule has 0 saturated heterocycles. The quantitative estimate of drug-likeness (QED) is 0.691. The Labute approximate surface area is 134 Å². The van der Waals surface area contributed by atoms with Gasteiger partial charge in [-0.3, -0.25) is 9.48 Å². The molecule has 2 aromatic heterocycles. The maximum Gasteiger partial charge on any atom is 0.363 e. The summed E-state index contributed by atoms with van der Waals surface area (Å²) in [6.45, 7) is 0.0634. The number of fused-ring (bicyclic) bond motifs is 1. The molecule has 0 aliphatic rings. The van der Waals surface area contributed by atoms with Gasteiger partial charge in [0.25, 0.3) is 0 Å². The third-order valence-electron chi connectivity index (χ3n) is 3.13. The maximum atomic E-state index is 12.3. The van der Waals surface area contributed by atoms with Gasteiger partial charge in [-0.25, -0.2) is 4.79 Å². The fourth-order valence-corrected chi connectivity index (χ4v) is 3.09. The van der Waals surface area contributed by atoms with Gasteiger partial charge in [-0.15, -0.1) is 11.3 Å². The summed E-state index contributed by atoms with van der Waals surface area (Å²) in [5.41, 5.74) is 0.0147. The number of nitrogens with zero attached hydrogens (tertiary/aromatic N) is 2. The summed E-state index contributed by atoms with van der Waals surface area (Å²) in [7, 11) is 1.68. The average molecular weight is 335 g/mol. The number of hydrogen-bond donors (Lipinski definition) is 0. The Hall–Kier alpha value is -2.18. The number of esters is 1. The molecule has 0 radical (unpaired) electrons. The van der Waals surface area contributed by atoms with Crippen molar-refractivity contribution in [1.82, 2.24) is 9.78 Å². The van der Waals surface area contributed by atoms with E-state index in [0.717, 1.165) is 4.88 Å². The SMILES string of the molecule is Cn1nc(C(=O)OCc2ccc(Cl)s2)c(=O)c2ccccc21. The Balaban J connectivity index is 1.91. The lowest BCUT2D eigenvalue weighted by Crippen LogP contribution is -2.23. The minimum Gasteiger partial charge on any atom is -0.455 e. The summed E-state index contributed by atoms with van der Waals surface area (Å²) in [6, 6.07) is 10.5. The molecule has 0 aliphatic carbocycles. The minimum atomic E-state index is -0.740. The number of hydrogen-bond acceptors (Lipinski definition) is 5. The van der Waals surface area contributed by atoms with Crippen LogP contribution in [0.1, 0.15) is 15.4 Å². The topological polar surface area (TPSA) is 61.2 Å². The first-order chi connectivity index (χ1) is 10.6. The molecular formula is C15H11ClN2O3S. The molecular weight excluding hydrogens is 324 g/mol. The predicted octanol–water partition coefficient (Wildman–Crippen LogP) is 3.01. The van der Waals surface area contributed by atoms with E-state index in [0.29, 0.717) is 15.2 Å². The third-order valence-corrected chi connectivity index (χ3v) is 4.33. The summed E-state index contributed by atoms with van der Waals surface area (Å²) >= 11 is 7.14. The van der Waals surface area contributed by atoms with E-state index in [1.165, 1.54) is 16.0 Å². The van der Waals surface area contributed by atoms with E-state index in [-0.39, 0.29) is 12.3 Å². The molecule has 0 saturated carbocycles. The summed E-state index contributed by atoms with van der Waals surface area (Å²) < 4.78 is 7.26. The average Bonchev–Trinajstić information content (AvgIpc) is 2.94. The highest BCUT2D eigenvalue weighted by molar-refractivity contribution is 7.16. The number of halogens is 1. The Morgan fingerprint density at radius 3 is 2.82 bits per heavy atom. The highest BCUT2D eigenvalue weighted by Gasteiger charge is 2.18. The Morgan fingerprint density at radius 2 is 2.09 bits per heavy atom. The summed E-state index contributed by atoms with van der Waals surface area (Å²) in [5, 5.41) is 4.46. The standard InChI is InChI=1S/C15H11ClN2O3S/c1-18-11-5-3-2-4-10(11)14(19)13(17-18)15(20)21-8-9-6-7-12(16)22-9/h2-7H,8H2,1H3. The van der Waals surface area contributed by atoms with E-state index in [4.69, 9.17) is 16.3 Å². The van der Waals surface area contributed by atoms with Gasteiger partial charge in [0.2, 0.25) is 11.1 Å². The zero-order valence-corrected chi connectivity index (χ0v) is 13.1. The summed E-state index contributed by atoms with van der Waals surface area (Å²) in [6.07, 6.45) is 0. The Kier molecular flexibility index (Phi) is 3.96. The highest BCUT2D eigenvalue weighted by atomic mass is 35.5. The van der Waals surface area contributed by atoms with E-state index < -0.39 is 11.4 Å². The van der Waals surface area contributed by atoms with Gasteiger partial charge in [-0.1, -0.05) is 23.7 Å². The van der Waals surface area contributed by atoms with Crippen LogP contribution in [0.15, 0.2) is 41.2 Å². The molecule has 3 rings (SSSR count). The van der Waals surface area contributed by atoms with Gasteiger partial charge >= 0.3 is 5.97 Å². The van der Waals surface area contributed by atoms with Crippen molar-refractivity contribution in [2.24, 2.45) is 7.05 Å². The second-order valence-corrected chi connectivity index (χ2v) is 6.40. The number of aryl methyl sites for hydroxylation is 1. The summed E-state index contributed by atoms with van der Waals surface area (Å²) in [5.74, 6) is -0.740. The molecule has 5 nitrogen and oxygen atoms in total. The first-order valence-corrected chi connectivity index (χ1v) is 7.63. The van der Waals surface area contributed by atoms with Crippen LogP contribution in [0.25, 0.3) is 10.9 Å². The fraction of sp³-hybridized carbons (Fsp3) is 0.133. The molecule has 0 spiro atoms. The predicted molar refractivity (Wildman–Crippen MR) is 85.4 cm³/mol. The van der Waals surface area contributed by atoms with Gasteiger partial charge in [0, 0.05) is 17.3 Å². The number of ether oxygens (including phenoxy) is 1. The molecule has 0 amide bonds. The van der Waals surface area contributed by atoms with Gasteiger partial charge in [0.1, 0.15) is 6.61 Å². The maximum absolute atomic E-state index is 12.3. The van der Waals surface area contributed by atoms with E-state index in [1.54, 1.807) is 37.4 Å². The molecule has 0 bridgehead atoms. The van der Waals surface area contributed by atoms with Gasteiger partial charge in [0.15, 0.2) is 0 Å². The van der Waals surface area contributed by atoms with Crippen molar-refractivity contribution in [1.29, 1.82) is 0 Å². The number of carbonyl (C=O) groups excluding carboxylic acids is 1. The Morgan fingerprint density at radius 1 is 1.32 bits per heavy atom. The molecule has 7 heteroatoms. The van der Waals surface area contributed by atoms with Crippen molar-refractivity contribution in [3.05, 3.63) is 61.5 Å². The monoisotopic (exact) mass is 334 g/mol. The van der Waals surface area contributed by atoms with Crippen molar-refractivity contribution in [3.63, 3.8) is 0 Å². The largest absolute Gasteiger partial charge is 0.455 e. The molecule has 22 heavy (non-hydrogen) atoms. The van der Waals surface area contributed by atoms with Crippen molar-refractivity contribution < 1.29 is 9.53 Å². The van der Waals surface area contributed by atoms with Crippen LogP contribution in [0.2, 0.25) is 4.34 Å². The van der Waals surface area contributed by atoms with Crippen LogP contribution >= 0.6 is 22.9 Å². The number of thiophene rings is 1. The van der Waals surface area contributed by atoms with E-state index >= 15 is 0 Å². The second-order valence-electron chi connectivity index (χ2n) is 4.60. The molecule has 0 unspecified atom stereocenters. The van der Waals surface area contributed by atoms with E-state index in [9.17, 15) is 9.59 Å². The number of carbonyl (C=O) groups is 1. The van der Waals surface area contributed by atoms with Gasteiger partial charge in [-0.2, -0.15) is 5.10 Å². The van der Waals surface area contributed by atoms with Crippen molar-refractivity contribution in [2.45, 2.75) is 6.61 Å². The smallest absolute Gasteiger partial charge is 0.363 e. The fourth-order valence-electron chi connectivity index (χ4n) is 2.09. The first-order valence-electron chi connectivity index (χ1n) is 6.43. The highest BCUT2D eigenvalue weighted by Crippen LogP contribution is 2.22. The normalized spacial score (nSPS) is 10.8. The van der Waals surface area contributed by atoms with Gasteiger partial charge < -0.3 is 4.74 Å². The number of rotatable bonds is 3. The second kappa shape index (κ2) is 5.90. The lowest BCUT2D eigenvalue weighted by atomic mass is 10.2. The van der Waals surface area contributed by atoms with Crippen LogP contribution in [-0.4, -0.2) is 15.7 Å². The molecule has 1 aromatic carbocycles. The molecule has 0 aliphatic heterocycles.